The predicted octanol–water partition coefficient (Wildman–Crippen LogP) is 3.35. The van der Waals surface area contributed by atoms with E-state index in [1.165, 1.54) is 41.6 Å². The zero-order chi connectivity index (χ0) is 17.6. The number of carbonyl (C=O) groups is 1. The van der Waals surface area contributed by atoms with Crippen LogP contribution < -0.4 is 5.32 Å². The van der Waals surface area contributed by atoms with E-state index in [0.717, 1.165) is 25.7 Å². The molecule has 130 valence electrons. The number of rotatable bonds is 7. The molecule has 8 heteroatoms. The Morgan fingerprint density at radius 2 is 2.12 bits per heavy atom. The predicted molar refractivity (Wildman–Crippen MR) is 98.4 cm³/mol. The van der Waals surface area contributed by atoms with Crippen molar-refractivity contribution >= 4 is 39.2 Å². The maximum Gasteiger partial charge on any atom is 0.230 e. The fourth-order valence-electron chi connectivity index (χ4n) is 2.17. The van der Waals surface area contributed by atoms with Crippen LogP contribution in [0.1, 0.15) is 0 Å². The summed E-state index contributed by atoms with van der Waals surface area (Å²) in [6.45, 7) is 0.975. The normalized spacial score (nSPS) is 11.0. The Kier molecular flexibility index (Phi) is 5.95. The van der Waals surface area contributed by atoms with Gasteiger partial charge in [-0.25, -0.2) is 14.4 Å². The van der Waals surface area contributed by atoms with Gasteiger partial charge in [0.05, 0.1) is 22.6 Å². The molecule has 0 spiro atoms. The van der Waals surface area contributed by atoms with Crippen LogP contribution in [0.5, 0.6) is 0 Å². The summed E-state index contributed by atoms with van der Waals surface area (Å²) in [6, 6.07) is 8.31. The largest absolute Gasteiger partial charge is 0.383 e. The molecule has 25 heavy (non-hydrogen) atoms. The van der Waals surface area contributed by atoms with Crippen LogP contribution in [0.2, 0.25) is 0 Å². The first-order chi connectivity index (χ1) is 12.2. The molecule has 2 aromatic heterocycles. The van der Waals surface area contributed by atoms with Gasteiger partial charge in [0.1, 0.15) is 17.2 Å². The Balaban J connectivity index is 1.75. The van der Waals surface area contributed by atoms with E-state index in [1.54, 1.807) is 19.2 Å². The summed E-state index contributed by atoms with van der Waals surface area (Å²) in [7, 11) is 1.59. The lowest BCUT2D eigenvalue weighted by atomic mass is 10.2. The number of carbonyl (C=O) groups excluding carboxylic acids is 1. The lowest BCUT2D eigenvalue weighted by Gasteiger charge is -2.04. The molecule has 0 saturated heterocycles. The topological polar surface area (TPSA) is 64.1 Å². The third-order valence-corrected chi connectivity index (χ3v) is 5.67. The zero-order valence-electron chi connectivity index (χ0n) is 13.5. The van der Waals surface area contributed by atoms with E-state index in [2.05, 4.69) is 15.3 Å². The standard InChI is InChI=1S/C17H16FN3O2S2/c1-23-7-6-19-15(22)9-24-17-16-13(20-10-21-17)8-14(25-16)11-2-4-12(18)5-3-11/h2-5,8,10H,6-7,9H2,1H3,(H,19,22). The third-order valence-electron chi connectivity index (χ3n) is 3.38. The SMILES string of the molecule is COCCNC(=O)CSc1ncnc2cc(-c3ccc(F)cc3)sc12. The van der Waals surface area contributed by atoms with Gasteiger partial charge in [-0.05, 0) is 23.8 Å². The highest BCUT2D eigenvalue weighted by atomic mass is 32.2. The van der Waals surface area contributed by atoms with Gasteiger partial charge in [0.25, 0.3) is 0 Å². The molecule has 1 N–H and O–H groups in total. The van der Waals surface area contributed by atoms with Crippen molar-refractivity contribution in [2.45, 2.75) is 5.03 Å². The van der Waals surface area contributed by atoms with Gasteiger partial charge in [-0.3, -0.25) is 4.79 Å². The number of hydrogen-bond acceptors (Lipinski definition) is 6. The number of nitrogens with one attached hydrogen (secondary N) is 1. The Bertz CT molecular complexity index is 868. The van der Waals surface area contributed by atoms with E-state index in [1.807, 2.05) is 6.07 Å². The highest BCUT2D eigenvalue weighted by Gasteiger charge is 2.12. The van der Waals surface area contributed by atoms with Gasteiger partial charge in [-0.15, -0.1) is 11.3 Å². The number of ether oxygens (including phenoxy) is 1. The van der Waals surface area contributed by atoms with Crippen molar-refractivity contribution in [1.29, 1.82) is 0 Å². The molecule has 0 radical (unpaired) electrons. The van der Waals surface area contributed by atoms with Crippen molar-refractivity contribution < 1.29 is 13.9 Å². The van der Waals surface area contributed by atoms with Crippen LogP contribution in [0, 0.1) is 5.82 Å². The third kappa shape index (κ3) is 4.53. The minimum Gasteiger partial charge on any atom is -0.383 e. The van der Waals surface area contributed by atoms with Crippen molar-refractivity contribution in [2.75, 3.05) is 26.0 Å². The van der Waals surface area contributed by atoms with Gasteiger partial charge in [0.15, 0.2) is 0 Å². The average Bonchev–Trinajstić information content (AvgIpc) is 3.05. The van der Waals surface area contributed by atoms with Crippen molar-refractivity contribution in [3.63, 3.8) is 0 Å². The molecular weight excluding hydrogens is 361 g/mol. The molecule has 0 unspecified atom stereocenters. The number of nitrogens with zero attached hydrogens (tertiary/aromatic N) is 2. The molecule has 0 saturated carbocycles. The zero-order valence-corrected chi connectivity index (χ0v) is 15.1. The Hall–Kier alpha value is -2.03. The molecule has 0 aliphatic rings. The van der Waals surface area contributed by atoms with Crippen molar-refractivity contribution in [2.24, 2.45) is 0 Å². The molecule has 0 bridgehead atoms. The molecule has 0 aliphatic heterocycles. The molecule has 0 aliphatic carbocycles. The highest BCUT2D eigenvalue weighted by Crippen LogP contribution is 2.36. The summed E-state index contributed by atoms with van der Waals surface area (Å²) in [6.07, 6.45) is 1.49. The first-order valence-corrected chi connectivity index (χ1v) is 9.36. The molecular formula is C17H16FN3O2S2. The van der Waals surface area contributed by atoms with E-state index in [9.17, 15) is 9.18 Å². The van der Waals surface area contributed by atoms with Crippen molar-refractivity contribution in [3.05, 3.63) is 42.5 Å². The highest BCUT2D eigenvalue weighted by molar-refractivity contribution is 8.00. The number of thiophene rings is 1. The summed E-state index contributed by atoms with van der Waals surface area (Å²) in [4.78, 5) is 21.4. The molecule has 3 aromatic rings. The molecule has 0 atom stereocenters. The second kappa shape index (κ2) is 8.37. The smallest absolute Gasteiger partial charge is 0.230 e. The lowest BCUT2D eigenvalue weighted by Crippen LogP contribution is -2.28. The van der Waals surface area contributed by atoms with Crippen LogP contribution in [-0.2, 0) is 9.53 Å². The van der Waals surface area contributed by atoms with Crippen LogP contribution in [-0.4, -0.2) is 41.9 Å². The minimum absolute atomic E-state index is 0.0656. The van der Waals surface area contributed by atoms with Gasteiger partial charge in [0.2, 0.25) is 5.91 Å². The second-order valence-corrected chi connectivity index (χ2v) is 7.16. The average molecular weight is 377 g/mol. The maximum absolute atomic E-state index is 13.1. The Morgan fingerprint density at radius 1 is 1.32 bits per heavy atom. The minimum atomic E-state index is -0.264. The first-order valence-electron chi connectivity index (χ1n) is 7.56. The summed E-state index contributed by atoms with van der Waals surface area (Å²) in [5, 5.41) is 3.55. The van der Waals surface area contributed by atoms with E-state index >= 15 is 0 Å². The quantitative estimate of drug-likeness (QED) is 0.389. The molecule has 1 aromatic carbocycles. The summed E-state index contributed by atoms with van der Waals surface area (Å²) in [5.74, 6) is -0.0518. The fraction of sp³-hybridized carbons (Fsp3) is 0.235. The van der Waals surface area contributed by atoms with E-state index < -0.39 is 0 Å². The number of benzene rings is 1. The molecule has 2 heterocycles. The van der Waals surface area contributed by atoms with Crippen LogP contribution >= 0.6 is 23.1 Å². The van der Waals surface area contributed by atoms with E-state index in [-0.39, 0.29) is 17.5 Å². The molecule has 1 amide bonds. The monoisotopic (exact) mass is 377 g/mol. The molecule has 5 nitrogen and oxygen atoms in total. The maximum atomic E-state index is 13.1. The van der Waals surface area contributed by atoms with E-state index in [0.29, 0.717) is 13.2 Å². The number of methoxy groups -OCH3 is 1. The molecule has 0 fully saturated rings. The summed E-state index contributed by atoms with van der Waals surface area (Å²) < 4.78 is 18.9. The van der Waals surface area contributed by atoms with Gasteiger partial charge >= 0.3 is 0 Å². The Morgan fingerprint density at radius 3 is 2.88 bits per heavy atom. The first kappa shape index (κ1) is 17.8. The molecule has 3 rings (SSSR count). The Labute approximate surface area is 152 Å². The number of thioether (sulfide) groups is 1. The van der Waals surface area contributed by atoms with E-state index in [4.69, 9.17) is 4.74 Å². The van der Waals surface area contributed by atoms with Crippen LogP contribution in [0.15, 0.2) is 41.7 Å². The second-order valence-electron chi connectivity index (χ2n) is 5.14. The fourth-order valence-corrected chi connectivity index (χ4v) is 4.20. The summed E-state index contributed by atoms with van der Waals surface area (Å²) in [5.41, 5.74) is 1.75. The number of aromatic nitrogens is 2. The van der Waals surface area contributed by atoms with Crippen molar-refractivity contribution in [3.8, 4) is 10.4 Å². The van der Waals surface area contributed by atoms with Gasteiger partial charge < -0.3 is 10.1 Å². The van der Waals surface area contributed by atoms with Crippen LogP contribution in [0.3, 0.4) is 0 Å². The van der Waals surface area contributed by atoms with Crippen molar-refractivity contribution in [1.82, 2.24) is 15.3 Å². The lowest BCUT2D eigenvalue weighted by molar-refractivity contribution is -0.118. The number of fused-ring (bicyclic) bond motifs is 1. The van der Waals surface area contributed by atoms with Gasteiger partial charge in [-0.2, -0.15) is 0 Å². The van der Waals surface area contributed by atoms with Crippen LogP contribution in [0.4, 0.5) is 4.39 Å². The number of amides is 1. The van der Waals surface area contributed by atoms with Gasteiger partial charge in [0, 0.05) is 18.5 Å². The number of hydrogen-bond donors (Lipinski definition) is 1. The van der Waals surface area contributed by atoms with Gasteiger partial charge in [-0.1, -0.05) is 23.9 Å². The van der Waals surface area contributed by atoms with Crippen LogP contribution in [0.25, 0.3) is 20.7 Å². The summed E-state index contributed by atoms with van der Waals surface area (Å²) >= 11 is 2.91. The number of halogens is 1.